The lowest BCUT2D eigenvalue weighted by atomic mass is 9.91. The highest BCUT2D eigenvalue weighted by molar-refractivity contribution is 5.92. The maximum Gasteiger partial charge on any atom is 0.318 e. The number of azo groups is 2. The Kier molecular flexibility index (Phi) is 9.27. The smallest absolute Gasteiger partial charge is 0.318 e. The molecule has 4 N–H and O–H groups in total. The van der Waals surface area contributed by atoms with E-state index in [9.17, 15) is 4.79 Å². The van der Waals surface area contributed by atoms with Crippen molar-refractivity contribution in [3.63, 3.8) is 0 Å². The van der Waals surface area contributed by atoms with Crippen LogP contribution < -0.4 is 11.5 Å². The Morgan fingerprint density at radius 2 is 1.45 bits per heavy atom. The van der Waals surface area contributed by atoms with E-state index in [2.05, 4.69) is 47.2 Å². The Labute approximate surface area is 295 Å². The third-order valence-electron chi connectivity index (χ3n) is 8.42. The van der Waals surface area contributed by atoms with E-state index >= 15 is 0 Å². The molecule has 0 aliphatic carbocycles. The van der Waals surface area contributed by atoms with Gasteiger partial charge in [-0.1, -0.05) is 48.1 Å². The zero-order chi connectivity index (χ0) is 37.6. The Hall–Kier alpha value is -6.01. The van der Waals surface area contributed by atoms with Gasteiger partial charge in [-0.2, -0.15) is 34.9 Å². The van der Waals surface area contributed by atoms with Gasteiger partial charge in [0.25, 0.3) is 0 Å². The van der Waals surface area contributed by atoms with Gasteiger partial charge in [-0.05, 0) is 6.92 Å². The van der Waals surface area contributed by atoms with Crippen LogP contribution in [-0.4, -0.2) is 83.4 Å². The number of hydrazone groups is 1. The van der Waals surface area contributed by atoms with Gasteiger partial charge < -0.3 is 20.9 Å². The number of nitrogens with two attached hydrogens (primary N) is 2. The first-order chi connectivity index (χ1) is 23.8. The molecule has 5 heterocycles. The second-order valence-corrected chi connectivity index (χ2v) is 14.1. The quantitative estimate of drug-likeness (QED) is 0.135. The van der Waals surface area contributed by atoms with Crippen LogP contribution in [0.2, 0.25) is 0 Å². The molecule has 0 aromatic carbocycles. The van der Waals surface area contributed by atoms with Gasteiger partial charge in [0.2, 0.25) is 0 Å². The molecule has 2 atom stereocenters. The van der Waals surface area contributed by atoms with Crippen molar-refractivity contribution >= 4 is 46.8 Å². The maximum absolute atomic E-state index is 12.5. The number of rotatable bonds is 9. The molecule has 5 rings (SSSR count). The molecular weight excluding hydrogens is 656 g/mol. The van der Waals surface area contributed by atoms with E-state index < -0.39 is 28.4 Å². The molecule has 0 saturated heterocycles. The minimum atomic E-state index is -1.16. The number of ether oxygens (including phenoxy) is 2. The Balaban J connectivity index is 1.59. The van der Waals surface area contributed by atoms with Crippen molar-refractivity contribution in [2.24, 2.45) is 38.5 Å². The normalized spacial score (nSPS) is 18.0. The summed E-state index contributed by atoms with van der Waals surface area (Å²) >= 11 is 0. The number of carbonyl (C=O) groups is 1. The summed E-state index contributed by atoms with van der Waals surface area (Å²) < 4.78 is 14.7. The van der Waals surface area contributed by atoms with E-state index in [0.29, 0.717) is 51.5 Å². The number of anilines is 2. The molecule has 1 aliphatic heterocycles. The van der Waals surface area contributed by atoms with E-state index in [4.69, 9.17) is 31.1 Å². The average molecular weight is 701 g/mol. The van der Waals surface area contributed by atoms with E-state index in [0.717, 1.165) is 0 Å². The van der Waals surface area contributed by atoms with Gasteiger partial charge in [0.05, 0.1) is 37.4 Å². The standard InChI is InChI=1S/C32H44N16O3/c1-17(50-11)18-14-37-45(9)28(18)41-39-22-24(30(2,3)4)42-47(26(22)33)20-13-21(36-16-35-20)48-27(34)23(25(43-48)31(5,6)7)40-44-32(8)19(29(49)51-12)15-38-46(32)10/h13-16,19H,1,33-34H2,2-12H3/b41-39+,44-40+. The largest absolute Gasteiger partial charge is 0.497 e. The van der Waals surface area contributed by atoms with Crippen LogP contribution in [0.1, 0.15) is 65.4 Å². The zero-order valence-corrected chi connectivity index (χ0v) is 30.7. The number of esters is 1. The fraction of sp³-hybridized carbons (Fsp3) is 0.469. The van der Waals surface area contributed by atoms with E-state index in [1.165, 1.54) is 36.1 Å². The molecule has 270 valence electrons. The third-order valence-corrected chi connectivity index (χ3v) is 8.42. The molecule has 51 heavy (non-hydrogen) atoms. The summed E-state index contributed by atoms with van der Waals surface area (Å²) in [5.41, 5.74) is 13.6. The molecule has 0 amide bonds. The fourth-order valence-corrected chi connectivity index (χ4v) is 5.24. The first-order valence-electron chi connectivity index (χ1n) is 15.9. The van der Waals surface area contributed by atoms with Crippen molar-refractivity contribution in [3.8, 4) is 11.6 Å². The number of hydrogen-bond acceptors (Lipinski definition) is 16. The predicted molar refractivity (Wildman–Crippen MR) is 191 cm³/mol. The van der Waals surface area contributed by atoms with Crippen LogP contribution >= 0.6 is 0 Å². The van der Waals surface area contributed by atoms with Crippen molar-refractivity contribution in [2.45, 2.75) is 65.0 Å². The third kappa shape index (κ3) is 6.53. The van der Waals surface area contributed by atoms with Crippen LogP contribution in [0.5, 0.6) is 0 Å². The number of aromatic nitrogens is 8. The summed E-state index contributed by atoms with van der Waals surface area (Å²) in [5, 5.41) is 37.8. The summed E-state index contributed by atoms with van der Waals surface area (Å²) in [6.45, 7) is 17.5. The van der Waals surface area contributed by atoms with Gasteiger partial charge >= 0.3 is 5.97 Å². The number of methoxy groups -OCH3 is 2. The van der Waals surface area contributed by atoms with Crippen molar-refractivity contribution in [2.75, 3.05) is 32.7 Å². The molecule has 19 nitrogen and oxygen atoms in total. The Bertz CT molecular complexity index is 2070. The van der Waals surface area contributed by atoms with Gasteiger partial charge in [0, 0.05) is 37.2 Å². The van der Waals surface area contributed by atoms with Gasteiger partial charge in [-0.15, -0.1) is 15.3 Å². The molecule has 0 bridgehead atoms. The van der Waals surface area contributed by atoms with Crippen LogP contribution in [0.4, 0.5) is 28.8 Å². The fourth-order valence-electron chi connectivity index (χ4n) is 5.24. The van der Waals surface area contributed by atoms with Crippen molar-refractivity contribution in [3.05, 3.63) is 42.1 Å². The second-order valence-electron chi connectivity index (χ2n) is 14.1. The molecule has 0 fully saturated rings. The molecular formula is C32H44N16O3. The lowest BCUT2D eigenvalue weighted by molar-refractivity contribution is -0.146. The number of aryl methyl sites for hydroxylation is 1. The van der Waals surface area contributed by atoms with Crippen molar-refractivity contribution in [1.82, 2.24) is 44.3 Å². The highest BCUT2D eigenvalue weighted by atomic mass is 16.5. The summed E-state index contributed by atoms with van der Waals surface area (Å²) in [5.74, 6) is 0.540. The lowest BCUT2D eigenvalue weighted by Gasteiger charge is -2.29. The molecule has 2 unspecified atom stereocenters. The van der Waals surface area contributed by atoms with Crippen molar-refractivity contribution in [1.29, 1.82) is 0 Å². The molecule has 0 spiro atoms. The van der Waals surface area contributed by atoms with Crippen LogP contribution in [0.25, 0.3) is 17.4 Å². The molecule has 4 aromatic heterocycles. The SMILES string of the molecule is C=C(OC)c1cnn(C)c1/N=N/c1c(C(C)(C)C)nn(-c2cc(-n3nc(C(C)(C)C)c(/N=N/C4(C)C(C(=O)OC)C=NN4C)c3N)ncn2)c1N. The van der Waals surface area contributed by atoms with E-state index in [1.807, 2.05) is 41.5 Å². The Morgan fingerprint density at radius 3 is 1.96 bits per heavy atom. The molecule has 19 heteroatoms. The first kappa shape index (κ1) is 36.3. The Morgan fingerprint density at radius 1 is 0.902 bits per heavy atom. The van der Waals surface area contributed by atoms with Crippen LogP contribution in [0.15, 0.2) is 50.7 Å². The highest BCUT2D eigenvalue weighted by Crippen LogP contribution is 2.41. The molecule has 0 saturated carbocycles. The predicted octanol–water partition coefficient (Wildman–Crippen LogP) is 4.89. The lowest BCUT2D eigenvalue weighted by Crippen LogP contribution is -2.45. The molecule has 0 radical (unpaired) electrons. The molecule has 1 aliphatic rings. The summed E-state index contributed by atoms with van der Waals surface area (Å²) in [6.07, 6.45) is 4.44. The number of carbonyl (C=O) groups excluding carboxylic acids is 1. The van der Waals surface area contributed by atoms with Gasteiger partial charge in [-0.3, -0.25) is 9.80 Å². The van der Waals surface area contributed by atoms with Crippen LogP contribution in [0, 0.1) is 5.92 Å². The number of hydrogen-bond donors (Lipinski definition) is 2. The van der Waals surface area contributed by atoms with Crippen molar-refractivity contribution < 1.29 is 14.3 Å². The second kappa shape index (κ2) is 13.0. The molecule has 4 aromatic rings. The van der Waals surface area contributed by atoms with Gasteiger partial charge in [-0.25, -0.2) is 14.6 Å². The van der Waals surface area contributed by atoms with Gasteiger partial charge in [0.15, 0.2) is 46.1 Å². The summed E-state index contributed by atoms with van der Waals surface area (Å²) in [6, 6.07) is 1.64. The number of nitrogens with zero attached hydrogens (tertiary/aromatic N) is 14. The monoisotopic (exact) mass is 700 g/mol. The zero-order valence-electron chi connectivity index (χ0n) is 30.7. The topological polar surface area (TPSA) is 232 Å². The van der Waals surface area contributed by atoms with E-state index in [-0.39, 0.29) is 11.6 Å². The minimum absolute atomic E-state index is 0.163. The summed E-state index contributed by atoms with van der Waals surface area (Å²) in [4.78, 5) is 21.5. The first-order valence-corrected chi connectivity index (χ1v) is 15.9. The maximum atomic E-state index is 12.5. The van der Waals surface area contributed by atoms with Gasteiger partial charge in [0.1, 0.15) is 18.0 Å². The highest BCUT2D eigenvalue weighted by Gasteiger charge is 2.47. The number of nitrogen functional groups attached to an aromatic ring is 2. The van der Waals surface area contributed by atoms with Crippen LogP contribution in [-0.2, 0) is 32.1 Å². The van der Waals surface area contributed by atoms with Crippen LogP contribution in [0.3, 0.4) is 0 Å². The van der Waals surface area contributed by atoms with E-state index in [1.54, 1.807) is 43.0 Å². The summed E-state index contributed by atoms with van der Waals surface area (Å²) in [7, 11) is 6.27. The average Bonchev–Trinajstić information content (AvgIpc) is 3.80. The minimum Gasteiger partial charge on any atom is -0.497 e.